The molecule has 0 N–H and O–H groups in total. The largest absolute Gasteiger partial charge is 0.497 e. The molecular weight excluding hydrogens is 360 g/mol. The molecule has 4 nitrogen and oxygen atoms in total. The Morgan fingerprint density at radius 2 is 2.00 bits per heavy atom. The van der Waals surface area contributed by atoms with Crippen LogP contribution in [0.3, 0.4) is 0 Å². The summed E-state index contributed by atoms with van der Waals surface area (Å²) in [5.74, 6) is 1.16. The van der Waals surface area contributed by atoms with Gasteiger partial charge in [0.05, 0.1) is 12.8 Å². The summed E-state index contributed by atoms with van der Waals surface area (Å²) in [6, 6.07) is 11.8. The zero-order valence-electron chi connectivity index (χ0n) is 16.3. The van der Waals surface area contributed by atoms with Gasteiger partial charge in [-0.3, -0.25) is 9.79 Å². The molecule has 0 radical (unpaired) electrons. The van der Waals surface area contributed by atoms with E-state index >= 15 is 0 Å². The first kappa shape index (κ1) is 19.4. The molecule has 1 fully saturated rings. The molecule has 5 heteroatoms. The zero-order valence-corrected chi connectivity index (χ0v) is 17.0. The number of Topliss-reactive ketones (excluding diaryl/α,β-unsaturated/α-hetero) is 1. The molecule has 2 aromatic carbocycles. The van der Waals surface area contributed by atoms with Gasteiger partial charge in [0, 0.05) is 47.1 Å². The number of ether oxygens (including phenoxy) is 1. The fourth-order valence-electron chi connectivity index (χ4n) is 3.39. The van der Waals surface area contributed by atoms with Crippen LogP contribution in [0.4, 0.5) is 11.4 Å². The number of hydrogen-bond acceptors (Lipinski definition) is 4. The number of halogens is 1. The number of nitrogens with zero attached hydrogens (tertiary/aromatic N) is 2. The van der Waals surface area contributed by atoms with Gasteiger partial charge in [0.1, 0.15) is 11.5 Å². The zero-order chi connectivity index (χ0) is 19.6. The van der Waals surface area contributed by atoms with Crippen LogP contribution in [-0.2, 0) is 4.79 Å². The minimum absolute atomic E-state index is 0.123. The lowest BCUT2D eigenvalue weighted by molar-refractivity contribution is -0.120. The van der Waals surface area contributed by atoms with E-state index in [0.717, 1.165) is 53.5 Å². The molecule has 1 atom stereocenters. The van der Waals surface area contributed by atoms with E-state index in [2.05, 4.69) is 11.0 Å². The monoisotopic (exact) mass is 384 g/mol. The summed E-state index contributed by atoms with van der Waals surface area (Å²) in [5, 5.41) is 0.669. The van der Waals surface area contributed by atoms with Gasteiger partial charge >= 0.3 is 0 Å². The number of aliphatic imine (C=N–C) groups is 1. The van der Waals surface area contributed by atoms with Crippen LogP contribution in [0.2, 0.25) is 5.02 Å². The summed E-state index contributed by atoms with van der Waals surface area (Å²) >= 11 is 6.46. The van der Waals surface area contributed by atoms with Crippen molar-refractivity contribution in [2.24, 2.45) is 10.9 Å². The minimum Gasteiger partial charge on any atom is -0.497 e. The molecule has 1 aliphatic heterocycles. The molecule has 0 spiro atoms. The Bertz CT molecular complexity index is 892. The summed E-state index contributed by atoms with van der Waals surface area (Å²) < 4.78 is 5.31. The second-order valence-electron chi connectivity index (χ2n) is 7.06. The highest BCUT2D eigenvalue weighted by Crippen LogP contribution is 2.30. The lowest BCUT2D eigenvalue weighted by atomic mass is 10.1. The molecule has 0 aliphatic carbocycles. The second-order valence-corrected chi connectivity index (χ2v) is 7.46. The number of rotatable bonds is 5. The Morgan fingerprint density at radius 1 is 1.22 bits per heavy atom. The first-order chi connectivity index (χ1) is 12.9. The second kappa shape index (κ2) is 8.13. The average molecular weight is 385 g/mol. The van der Waals surface area contributed by atoms with Gasteiger partial charge in [0.25, 0.3) is 0 Å². The number of anilines is 1. The molecule has 0 bridgehead atoms. The van der Waals surface area contributed by atoms with Crippen molar-refractivity contribution in [3.05, 3.63) is 52.5 Å². The van der Waals surface area contributed by atoms with E-state index in [-0.39, 0.29) is 11.7 Å². The maximum atomic E-state index is 11.7. The van der Waals surface area contributed by atoms with Crippen LogP contribution in [0.25, 0.3) is 0 Å². The van der Waals surface area contributed by atoms with E-state index in [1.165, 1.54) is 0 Å². The Morgan fingerprint density at radius 3 is 2.67 bits per heavy atom. The molecule has 0 saturated carbocycles. The first-order valence-corrected chi connectivity index (χ1v) is 9.52. The van der Waals surface area contributed by atoms with Crippen molar-refractivity contribution in [2.75, 3.05) is 25.1 Å². The molecule has 142 valence electrons. The topological polar surface area (TPSA) is 41.9 Å². The van der Waals surface area contributed by atoms with E-state index < -0.39 is 0 Å². The van der Waals surface area contributed by atoms with E-state index in [9.17, 15) is 4.79 Å². The number of methoxy groups -OCH3 is 1. The van der Waals surface area contributed by atoms with Crippen LogP contribution >= 0.6 is 11.6 Å². The number of carbonyl (C=O) groups is 1. The first-order valence-electron chi connectivity index (χ1n) is 9.14. The Kier molecular flexibility index (Phi) is 5.85. The Labute approximate surface area is 165 Å². The van der Waals surface area contributed by atoms with Crippen molar-refractivity contribution in [1.82, 2.24) is 0 Å². The fourth-order valence-corrected chi connectivity index (χ4v) is 3.65. The highest BCUT2D eigenvalue weighted by atomic mass is 35.5. The minimum atomic E-state index is 0.123. The van der Waals surface area contributed by atoms with Gasteiger partial charge in [0.2, 0.25) is 0 Å². The number of hydrogen-bond donors (Lipinski definition) is 0. The maximum absolute atomic E-state index is 11.7. The van der Waals surface area contributed by atoms with Crippen LogP contribution in [0, 0.1) is 12.8 Å². The SMILES string of the molecule is COc1ccc(C)c(N=C(C)c2cc(N3CCC(C(C)=O)C3)ccc2Cl)c1. The van der Waals surface area contributed by atoms with Crippen molar-refractivity contribution in [1.29, 1.82) is 0 Å². The van der Waals surface area contributed by atoms with Gasteiger partial charge in [0.15, 0.2) is 0 Å². The standard InChI is InChI=1S/C22H25ClN2O2/c1-14-5-7-19(27-4)12-22(14)24-15(2)20-11-18(6-8-21(20)23)25-10-9-17(13-25)16(3)26/h5-8,11-12,17H,9-10,13H2,1-4H3. The van der Waals surface area contributed by atoms with Crippen LogP contribution in [-0.4, -0.2) is 31.7 Å². The summed E-state index contributed by atoms with van der Waals surface area (Å²) in [5.41, 5.74) is 4.77. The van der Waals surface area contributed by atoms with E-state index in [4.69, 9.17) is 21.3 Å². The highest BCUT2D eigenvalue weighted by Gasteiger charge is 2.26. The summed E-state index contributed by atoms with van der Waals surface area (Å²) in [4.78, 5) is 18.7. The smallest absolute Gasteiger partial charge is 0.134 e. The van der Waals surface area contributed by atoms with Crippen molar-refractivity contribution >= 4 is 34.5 Å². The predicted octanol–water partition coefficient (Wildman–Crippen LogP) is 5.21. The van der Waals surface area contributed by atoms with Crippen molar-refractivity contribution < 1.29 is 9.53 Å². The highest BCUT2D eigenvalue weighted by molar-refractivity contribution is 6.34. The number of carbonyl (C=O) groups excluding carboxylic acids is 1. The number of ketones is 1. The molecule has 0 aromatic heterocycles. The van der Waals surface area contributed by atoms with Crippen LogP contribution < -0.4 is 9.64 Å². The lowest BCUT2D eigenvalue weighted by Gasteiger charge is -2.20. The third-order valence-electron chi connectivity index (χ3n) is 5.17. The molecule has 1 saturated heterocycles. The van der Waals surface area contributed by atoms with Crippen LogP contribution in [0.5, 0.6) is 5.75 Å². The van der Waals surface area contributed by atoms with Gasteiger partial charge in [-0.15, -0.1) is 0 Å². The molecule has 1 unspecified atom stereocenters. The van der Waals surface area contributed by atoms with Crippen molar-refractivity contribution in [3.8, 4) is 5.75 Å². The van der Waals surface area contributed by atoms with Gasteiger partial charge < -0.3 is 9.64 Å². The van der Waals surface area contributed by atoms with E-state index in [0.29, 0.717) is 5.02 Å². The molecule has 2 aromatic rings. The third kappa shape index (κ3) is 4.33. The van der Waals surface area contributed by atoms with E-state index in [1.807, 2.05) is 44.2 Å². The van der Waals surface area contributed by atoms with Crippen molar-refractivity contribution in [2.45, 2.75) is 27.2 Å². The normalized spacial score (nSPS) is 17.3. The third-order valence-corrected chi connectivity index (χ3v) is 5.50. The van der Waals surface area contributed by atoms with Crippen LogP contribution in [0.15, 0.2) is 41.4 Å². The van der Waals surface area contributed by atoms with Gasteiger partial charge in [-0.2, -0.15) is 0 Å². The molecule has 1 aliphatic rings. The maximum Gasteiger partial charge on any atom is 0.134 e. The molecule has 0 amide bonds. The molecular formula is C22H25ClN2O2. The average Bonchev–Trinajstić information content (AvgIpc) is 3.14. The molecule has 3 rings (SSSR count). The summed E-state index contributed by atoms with van der Waals surface area (Å²) in [6.45, 7) is 7.31. The Balaban J connectivity index is 1.91. The quantitative estimate of drug-likeness (QED) is 0.664. The summed E-state index contributed by atoms with van der Waals surface area (Å²) in [7, 11) is 1.65. The fraction of sp³-hybridized carbons (Fsp3) is 0.364. The van der Waals surface area contributed by atoms with E-state index in [1.54, 1.807) is 14.0 Å². The van der Waals surface area contributed by atoms with Gasteiger partial charge in [-0.1, -0.05) is 17.7 Å². The molecule has 27 heavy (non-hydrogen) atoms. The van der Waals surface area contributed by atoms with Gasteiger partial charge in [-0.25, -0.2) is 0 Å². The van der Waals surface area contributed by atoms with Gasteiger partial charge in [-0.05, 0) is 57.0 Å². The number of aryl methyl sites for hydroxylation is 1. The predicted molar refractivity (Wildman–Crippen MR) is 112 cm³/mol. The molecule has 1 heterocycles. The lowest BCUT2D eigenvalue weighted by Crippen LogP contribution is -2.22. The van der Waals surface area contributed by atoms with Crippen molar-refractivity contribution in [3.63, 3.8) is 0 Å². The summed E-state index contributed by atoms with van der Waals surface area (Å²) in [6.07, 6.45) is 0.906. The Hall–Kier alpha value is -2.33. The van der Waals surface area contributed by atoms with Crippen LogP contribution in [0.1, 0.15) is 31.4 Å². The number of benzene rings is 2.